The molecular weight excluding hydrogens is 284 g/mol. The van der Waals surface area contributed by atoms with Gasteiger partial charge >= 0.3 is 5.97 Å². The number of benzene rings is 1. The molecule has 2 unspecified atom stereocenters. The quantitative estimate of drug-likeness (QED) is 0.898. The van der Waals surface area contributed by atoms with Crippen LogP contribution in [0.4, 0.5) is 0 Å². The van der Waals surface area contributed by atoms with Gasteiger partial charge in [0.2, 0.25) is 0 Å². The third kappa shape index (κ3) is 3.32. The van der Waals surface area contributed by atoms with E-state index < -0.39 is 18.0 Å². The molecule has 2 rings (SSSR count). The van der Waals surface area contributed by atoms with Crippen molar-refractivity contribution in [1.82, 2.24) is 0 Å². The molecule has 0 spiro atoms. The van der Waals surface area contributed by atoms with Crippen molar-refractivity contribution in [3.8, 4) is 0 Å². The Morgan fingerprint density at radius 2 is 2.32 bits per heavy atom. The molecule has 3 nitrogen and oxygen atoms in total. The van der Waals surface area contributed by atoms with Crippen molar-refractivity contribution in [1.29, 1.82) is 0 Å². The van der Waals surface area contributed by atoms with E-state index in [9.17, 15) is 9.90 Å². The van der Waals surface area contributed by atoms with E-state index in [1.165, 1.54) is 0 Å². The molecule has 5 heteroatoms. The van der Waals surface area contributed by atoms with Crippen LogP contribution in [0, 0.1) is 0 Å². The van der Waals surface area contributed by atoms with Gasteiger partial charge in [0.1, 0.15) is 0 Å². The number of rotatable bonds is 3. The molecule has 2 atom stereocenters. The zero-order valence-electron chi connectivity index (χ0n) is 10.5. The smallest absolute Gasteiger partial charge is 0.310 e. The fraction of sp³-hybridized carbons (Fsp3) is 0.357. The van der Waals surface area contributed by atoms with Crippen molar-refractivity contribution in [2.75, 3.05) is 5.75 Å². The summed E-state index contributed by atoms with van der Waals surface area (Å²) >= 11 is 7.80. The van der Waals surface area contributed by atoms with Crippen LogP contribution in [0.3, 0.4) is 0 Å². The van der Waals surface area contributed by atoms with E-state index in [1.807, 2.05) is 6.08 Å². The number of halogens is 1. The fourth-order valence-electron chi connectivity index (χ4n) is 1.89. The molecule has 1 aliphatic rings. The first-order chi connectivity index (χ1) is 8.99. The van der Waals surface area contributed by atoms with Crippen LogP contribution in [0.2, 0.25) is 5.02 Å². The number of aliphatic hydroxyl groups excluding tert-OH is 1. The molecule has 2 N–H and O–H groups in total. The topological polar surface area (TPSA) is 57.5 Å². The molecule has 102 valence electrons. The number of hydrogen-bond donors (Lipinski definition) is 2. The molecule has 1 fully saturated rings. The van der Waals surface area contributed by atoms with E-state index in [0.29, 0.717) is 10.6 Å². The Bertz CT molecular complexity index is 527. The lowest BCUT2D eigenvalue weighted by atomic mass is 10.00. The van der Waals surface area contributed by atoms with E-state index >= 15 is 0 Å². The molecule has 0 aromatic heterocycles. The predicted octanol–water partition coefficient (Wildman–Crippen LogP) is 3.37. The molecule has 1 saturated heterocycles. The highest BCUT2D eigenvalue weighted by Gasteiger charge is 2.19. The average molecular weight is 299 g/mol. The molecule has 0 aliphatic carbocycles. The SMILES string of the molecule is CC(C(=O)O)c1ccc(/C=C2/SCCC2O)c(Cl)c1. The van der Waals surface area contributed by atoms with E-state index in [4.69, 9.17) is 16.7 Å². The second kappa shape index (κ2) is 5.99. The van der Waals surface area contributed by atoms with Crippen molar-refractivity contribution in [3.05, 3.63) is 39.3 Å². The Labute approximate surface area is 121 Å². The molecular formula is C14H15ClO3S. The van der Waals surface area contributed by atoms with Crippen LogP contribution < -0.4 is 0 Å². The van der Waals surface area contributed by atoms with E-state index in [-0.39, 0.29) is 0 Å². The molecule has 1 aromatic carbocycles. The molecule has 0 saturated carbocycles. The van der Waals surface area contributed by atoms with Crippen LogP contribution in [0.15, 0.2) is 23.1 Å². The minimum absolute atomic E-state index is 0.404. The van der Waals surface area contributed by atoms with Gasteiger partial charge in [0.25, 0.3) is 0 Å². The molecule has 1 aliphatic heterocycles. The van der Waals surface area contributed by atoms with Gasteiger partial charge < -0.3 is 10.2 Å². The number of carbonyl (C=O) groups is 1. The highest BCUT2D eigenvalue weighted by atomic mass is 35.5. The number of aliphatic hydroxyl groups is 1. The Kier molecular flexibility index (Phi) is 4.55. The van der Waals surface area contributed by atoms with E-state index in [2.05, 4.69) is 0 Å². The average Bonchev–Trinajstić information content (AvgIpc) is 2.76. The maximum absolute atomic E-state index is 10.9. The largest absolute Gasteiger partial charge is 0.481 e. The number of carboxylic acids is 1. The van der Waals surface area contributed by atoms with Crippen molar-refractivity contribution in [3.63, 3.8) is 0 Å². The lowest BCUT2D eigenvalue weighted by Gasteiger charge is -2.09. The third-order valence-corrected chi connectivity index (χ3v) is 4.67. The van der Waals surface area contributed by atoms with Gasteiger partial charge in [0.15, 0.2) is 0 Å². The van der Waals surface area contributed by atoms with Crippen molar-refractivity contribution < 1.29 is 15.0 Å². The zero-order valence-corrected chi connectivity index (χ0v) is 12.0. The summed E-state index contributed by atoms with van der Waals surface area (Å²) in [6.07, 6.45) is 2.24. The van der Waals surface area contributed by atoms with Gasteiger partial charge in [-0.3, -0.25) is 4.79 Å². The summed E-state index contributed by atoms with van der Waals surface area (Å²) in [6, 6.07) is 5.25. The Morgan fingerprint density at radius 3 is 2.84 bits per heavy atom. The third-order valence-electron chi connectivity index (χ3n) is 3.18. The molecule has 1 heterocycles. The van der Waals surface area contributed by atoms with Crippen LogP contribution in [-0.4, -0.2) is 28.0 Å². The number of carboxylic acid groups (broad SMARTS) is 1. The lowest BCUT2D eigenvalue weighted by molar-refractivity contribution is -0.138. The van der Waals surface area contributed by atoms with Gasteiger partial charge in [-0.2, -0.15) is 0 Å². The monoisotopic (exact) mass is 298 g/mol. The maximum Gasteiger partial charge on any atom is 0.310 e. The second-order valence-electron chi connectivity index (χ2n) is 4.54. The van der Waals surface area contributed by atoms with Crippen LogP contribution in [-0.2, 0) is 4.79 Å². The highest BCUT2D eigenvalue weighted by molar-refractivity contribution is 8.03. The predicted molar refractivity (Wildman–Crippen MR) is 78.6 cm³/mol. The van der Waals surface area contributed by atoms with Gasteiger partial charge in [-0.05, 0) is 36.6 Å². The zero-order chi connectivity index (χ0) is 14.0. The minimum Gasteiger partial charge on any atom is -0.481 e. The summed E-state index contributed by atoms with van der Waals surface area (Å²) in [5.74, 6) is -0.534. The first-order valence-electron chi connectivity index (χ1n) is 6.03. The molecule has 0 amide bonds. The normalized spacial score (nSPS) is 22.7. The van der Waals surface area contributed by atoms with Crippen LogP contribution in [0.25, 0.3) is 6.08 Å². The summed E-state index contributed by atoms with van der Waals surface area (Å²) in [5, 5.41) is 19.2. The molecule has 19 heavy (non-hydrogen) atoms. The first-order valence-corrected chi connectivity index (χ1v) is 7.40. The Balaban J connectivity index is 2.27. The van der Waals surface area contributed by atoms with Crippen LogP contribution >= 0.6 is 23.4 Å². The van der Waals surface area contributed by atoms with Crippen molar-refractivity contribution >= 4 is 35.4 Å². The van der Waals surface area contributed by atoms with Crippen molar-refractivity contribution in [2.45, 2.75) is 25.4 Å². The standard InChI is InChI=1S/C14H15ClO3S/c1-8(14(17)18)9-2-3-10(11(15)6-9)7-13-12(16)4-5-19-13/h2-3,6-8,12,16H,4-5H2,1H3,(H,17,18)/b13-7+. The summed E-state index contributed by atoms with van der Waals surface area (Å²) in [7, 11) is 0. The van der Waals surface area contributed by atoms with Gasteiger partial charge in [-0.1, -0.05) is 23.7 Å². The van der Waals surface area contributed by atoms with Gasteiger partial charge in [-0.15, -0.1) is 11.8 Å². The molecule has 1 aromatic rings. The lowest BCUT2D eigenvalue weighted by Crippen LogP contribution is -2.07. The van der Waals surface area contributed by atoms with Crippen LogP contribution in [0.1, 0.15) is 30.4 Å². The molecule has 0 bridgehead atoms. The van der Waals surface area contributed by atoms with E-state index in [0.717, 1.165) is 22.6 Å². The van der Waals surface area contributed by atoms with Gasteiger partial charge in [0, 0.05) is 15.7 Å². The number of aliphatic carboxylic acids is 1. The van der Waals surface area contributed by atoms with Gasteiger partial charge in [-0.25, -0.2) is 0 Å². The van der Waals surface area contributed by atoms with Gasteiger partial charge in [0.05, 0.1) is 12.0 Å². The van der Waals surface area contributed by atoms with E-state index in [1.54, 1.807) is 36.9 Å². The van der Waals surface area contributed by atoms with Crippen LogP contribution in [0.5, 0.6) is 0 Å². The number of hydrogen-bond acceptors (Lipinski definition) is 3. The maximum atomic E-state index is 10.9. The highest BCUT2D eigenvalue weighted by Crippen LogP contribution is 2.34. The summed E-state index contributed by atoms with van der Waals surface area (Å²) in [4.78, 5) is 11.8. The summed E-state index contributed by atoms with van der Waals surface area (Å²) < 4.78 is 0. The summed E-state index contributed by atoms with van der Waals surface area (Å²) in [5.41, 5.74) is 1.49. The molecule has 0 radical (unpaired) electrons. The fourth-order valence-corrected chi connectivity index (χ4v) is 3.23. The number of thioether (sulfide) groups is 1. The Hall–Kier alpha value is -0.970. The minimum atomic E-state index is -0.871. The summed E-state index contributed by atoms with van der Waals surface area (Å²) in [6.45, 7) is 1.63. The Morgan fingerprint density at radius 1 is 1.58 bits per heavy atom. The van der Waals surface area contributed by atoms with Crippen molar-refractivity contribution in [2.24, 2.45) is 0 Å². The second-order valence-corrected chi connectivity index (χ2v) is 6.12. The first kappa shape index (κ1) is 14.4.